The van der Waals surface area contributed by atoms with Gasteiger partial charge in [0.05, 0.1) is 13.7 Å². The van der Waals surface area contributed by atoms with Gasteiger partial charge in [-0.25, -0.2) is 4.39 Å². The van der Waals surface area contributed by atoms with Crippen LogP contribution in [0.1, 0.15) is 24.0 Å². The largest absolute Gasteiger partial charge is 0.494 e. The maximum Gasteiger partial charge on any atom is 0.191 e. The molecule has 3 rings (SSSR count). The van der Waals surface area contributed by atoms with Gasteiger partial charge in [-0.1, -0.05) is 24.3 Å². The fourth-order valence-electron chi connectivity index (χ4n) is 2.69. The van der Waals surface area contributed by atoms with Gasteiger partial charge in [-0.15, -0.1) is 24.0 Å². The maximum absolute atomic E-state index is 13.8. The van der Waals surface area contributed by atoms with Gasteiger partial charge in [-0.05, 0) is 42.5 Å². The molecule has 0 saturated heterocycles. The quantitative estimate of drug-likeness (QED) is 0.326. The molecule has 2 N–H and O–H groups in total. The Labute approximate surface area is 182 Å². The van der Waals surface area contributed by atoms with E-state index in [0.717, 1.165) is 23.5 Å². The first-order chi connectivity index (χ1) is 13.2. The number of ether oxygens (including phenoxy) is 2. The first-order valence-electron chi connectivity index (χ1n) is 9.17. The smallest absolute Gasteiger partial charge is 0.191 e. The van der Waals surface area contributed by atoms with Gasteiger partial charge in [0.25, 0.3) is 0 Å². The lowest BCUT2D eigenvalue weighted by Crippen LogP contribution is -2.36. The highest BCUT2D eigenvalue weighted by atomic mass is 127. The minimum Gasteiger partial charge on any atom is -0.494 e. The lowest BCUT2D eigenvalue weighted by Gasteiger charge is -2.15. The number of benzene rings is 2. The molecule has 152 valence electrons. The molecular formula is C21H27FIN3O2. The second-order valence-electron chi connectivity index (χ2n) is 6.61. The summed E-state index contributed by atoms with van der Waals surface area (Å²) in [5.41, 5.74) is 1.89. The van der Waals surface area contributed by atoms with Crippen LogP contribution in [0.2, 0.25) is 0 Å². The lowest BCUT2D eigenvalue weighted by atomic mass is 10.2. The van der Waals surface area contributed by atoms with Crippen molar-refractivity contribution in [2.24, 2.45) is 10.9 Å². The number of nitrogens with zero attached hydrogens (tertiary/aromatic N) is 1. The van der Waals surface area contributed by atoms with Gasteiger partial charge in [0.2, 0.25) is 0 Å². The second-order valence-corrected chi connectivity index (χ2v) is 6.61. The van der Waals surface area contributed by atoms with E-state index in [0.29, 0.717) is 25.0 Å². The fraction of sp³-hybridized carbons (Fsp3) is 0.381. The Morgan fingerprint density at radius 2 is 1.86 bits per heavy atom. The van der Waals surface area contributed by atoms with Gasteiger partial charge >= 0.3 is 0 Å². The predicted octanol–water partition coefficient (Wildman–Crippen LogP) is 4.11. The Morgan fingerprint density at radius 1 is 1.11 bits per heavy atom. The van der Waals surface area contributed by atoms with E-state index in [9.17, 15) is 4.39 Å². The van der Waals surface area contributed by atoms with Crippen molar-refractivity contribution < 1.29 is 13.9 Å². The summed E-state index contributed by atoms with van der Waals surface area (Å²) >= 11 is 0. The molecule has 5 nitrogen and oxygen atoms in total. The Morgan fingerprint density at radius 3 is 2.54 bits per heavy atom. The van der Waals surface area contributed by atoms with Gasteiger partial charge in [-0.3, -0.25) is 4.99 Å². The molecule has 0 unspecified atom stereocenters. The van der Waals surface area contributed by atoms with Crippen molar-refractivity contribution in [3.05, 3.63) is 59.4 Å². The molecule has 7 heteroatoms. The number of nitrogens with one attached hydrogen (secondary N) is 2. The summed E-state index contributed by atoms with van der Waals surface area (Å²) in [6.45, 7) is 1.84. The van der Waals surface area contributed by atoms with Crippen LogP contribution in [0.3, 0.4) is 0 Å². The Balaban J connectivity index is 0.00000280. The number of hydrogen-bond acceptors (Lipinski definition) is 3. The van der Waals surface area contributed by atoms with Crippen molar-refractivity contribution in [3.63, 3.8) is 0 Å². The molecule has 0 radical (unpaired) electrons. The van der Waals surface area contributed by atoms with Gasteiger partial charge in [0, 0.05) is 25.7 Å². The van der Waals surface area contributed by atoms with Crippen molar-refractivity contribution in [3.8, 4) is 11.5 Å². The topological polar surface area (TPSA) is 54.9 Å². The van der Waals surface area contributed by atoms with Crippen LogP contribution >= 0.6 is 24.0 Å². The lowest BCUT2D eigenvalue weighted by molar-refractivity contribution is 0.296. The van der Waals surface area contributed by atoms with Crippen LogP contribution in [-0.4, -0.2) is 26.7 Å². The Bertz CT molecular complexity index is 797. The number of methoxy groups -OCH3 is 1. The maximum atomic E-state index is 13.8. The number of halogens is 2. The molecule has 0 heterocycles. The molecule has 0 aromatic heterocycles. The fourth-order valence-corrected chi connectivity index (χ4v) is 2.69. The molecular weight excluding hydrogens is 472 g/mol. The summed E-state index contributed by atoms with van der Waals surface area (Å²) in [4.78, 5) is 4.22. The van der Waals surface area contributed by atoms with Crippen molar-refractivity contribution in [2.45, 2.75) is 25.9 Å². The normalized spacial score (nSPS) is 13.5. The van der Waals surface area contributed by atoms with Gasteiger partial charge in [0.15, 0.2) is 17.5 Å². The Hall–Kier alpha value is -2.03. The number of hydrogen-bond donors (Lipinski definition) is 2. The number of guanidine groups is 1. The zero-order valence-corrected chi connectivity index (χ0v) is 18.5. The van der Waals surface area contributed by atoms with Gasteiger partial charge in [0.1, 0.15) is 5.75 Å². The zero-order chi connectivity index (χ0) is 19.1. The molecule has 1 fully saturated rings. The van der Waals surface area contributed by atoms with Crippen LogP contribution in [0.5, 0.6) is 11.5 Å². The van der Waals surface area contributed by atoms with Crippen molar-refractivity contribution >= 4 is 29.9 Å². The van der Waals surface area contributed by atoms with Crippen molar-refractivity contribution in [2.75, 3.05) is 20.8 Å². The predicted molar refractivity (Wildman–Crippen MR) is 120 cm³/mol. The van der Waals surface area contributed by atoms with Crippen LogP contribution in [-0.2, 0) is 13.1 Å². The summed E-state index contributed by atoms with van der Waals surface area (Å²) in [5.74, 6) is 2.13. The van der Waals surface area contributed by atoms with E-state index in [2.05, 4.69) is 15.6 Å². The number of aliphatic imine (C=N–C) groups is 1. The van der Waals surface area contributed by atoms with Gasteiger partial charge in [-0.2, -0.15) is 0 Å². The minimum absolute atomic E-state index is 0. The average molecular weight is 499 g/mol. The van der Waals surface area contributed by atoms with Crippen LogP contribution in [0.4, 0.5) is 4.39 Å². The highest BCUT2D eigenvalue weighted by molar-refractivity contribution is 14.0. The molecule has 1 aliphatic rings. The van der Waals surface area contributed by atoms with E-state index < -0.39 is 0 Å². The summed E-state index contributed by atoms with van der Waals surface area (Å²) in [6, 6.07) is 12.9. The zero-order valence-electron chi connectivity index (χ0n) is 16.2. The summed E-state index contributed by atoms with van der Waals surface area (Å²) in [5, 5.41) is 6.47. The third-order valence-corrected chi connectivity index (χ3v) is 4.49. The molecule has 2 aromatic rings. The van der Waals surface area contributed by atoms with Gasteiger partial charge < -0.3 is 20.1 Å². The third kappa shape index (κ3) is 6.54. The van der Waals surface area contributed by atoms with E-state index in [1.54, 1.807) is 13.1 Å². The molecule has 0 bridgehead atoms. The highest BCUT2D eigenvalue weighted by Gasteiger charge is 2.22. The number of para-hydroxylation sites is 1. The molecule has 0 aliphatic heterocycles. The third-order valence-electron chi connectivity index (χ3n) is 4.49. The average Bonchev–Trinajstić information content (AvgIpc) is 3.52. The van der Waals surface area contributed by atoms with E-state index in [-0.39, 0.29) is 35.5 Å². The SMILES string of the molecule is CN=C(NCc1ccc(OC)c(F)c1)NCc1ccccc1OCC1CC1.I. The molecule has 1 aliphatic carbocycles. The molecule has 0 amide bonds. The molecule has 0 spiro atoms. The van der Waals surface area contributed by atoms with Crippen LogP contribution in [0.25, 0.3) is 0 Å². The molecule has 0 atom stereocenters. The monoisotopic (exact) mass is 499 g/mol. The van der Waals surface area contributed by atoms with E-state index >= 15 is 0 Å². The van der Waals surface area contributed by atoms with Crippen LogP contribution in [0.15, 0.2) is 47.5 Å². The highest BCUT2D eigenvalue weighted by Crippen LogP contribution is 2.30. The standard InChI is InChI=1S/C21H26FN3O2.HI/c1-23-21(24-12-16-9-10-20(26-2)18(22)11-16)25-13-17-5-3-4-6-19(17)27-14-15-7-8-15;/h3-6,9-11,15H,7-8,12-14H2,1-2H3,(H2,23,24,25);1H. The van der Waals surface area contributed by atoms with E-state index in [4.69, 9.17) is 9.47 Å². The number of rotatable bonds is 8. The summed E-state index contributed by atoms with van der Waals surface area (Å²) < 4.78 is 24.7. The summed E-state index contributed by atoms with van der Waals surface area (Å²) in [6.07, 6.45) is 2.53. The molecule has 28 heavy (non-hydrogen) atoms. The Kier molecular flexibility index (Phi) is 8.82. The first kappa shape index (κ1) is 22.3. The van der Waals surface area contributed by atoms with E-state index in [1.165, 1.54) is 26.0 Å². The molecule has 1 saturated carbocycles. The van der Waals surface area contributed by atoms with Crippen molar-refractivity contribution in [1.29, 1.82) is 0 Å². The van der Waals surface area contributed by atoms with Crippen LogP contribution in [0, 0.1) is 11.7 Å². The molecule has 2 aromatic carbocycles. The minimum atomic E-state index is -0.374. The first-order valence-corrected chi connectivity index (χ1v) is 9.17. The van der Waals surface area contributed by atoms with E-state index in [1.807, 2.05) is 30.3 Å². The second kappa shape index (κ2) is 11.1. The summed E-state index contributed by atoms with van der Waals surface area (Å²) in [7, 11) is 3.16. The van der Waals surface area contributed by atoms with Crippen LogP contribution < -0.4 is 20.1 Å². The van der Waals surface area contributed by atoms with Crippen molar-refractivity contribution in [1.82, 2.24) is 10.6 Å².